The Balaban J connectivity index is 1.95. The lowest BCUT2D eigenvalue weighted by molar-refractivity contribution is -0.115. The van der Waals surface area contributed by atoms with Gasteiger partial charge in [-0.2, -0.15) is 0 Å². The Hall–Kier alpha value is -2.37. The molecule has 0 aliphatic carbocycles. The van der Waals surface area contributed by atoms with Crippen molar-refractivity contribution in [3.05, 3.63) is 64.7 Å². The Kier molecular flexibility index (Phi) is 7.82. The normalized spacial score (nSPS) is 11.7. The van der Waals surface area contributed by atoms with E-state index in [9.17, 15) is 9.59 Å². The van der Waals surface area contributed by atoms with Crippen molar-refractivity contribution in [2.75, 3.05) is 25.0 Å². The Labute approximate surface area is 165 Å². The van der Waals surface area contributed by atoms with E-state index < -0.39 is 0 Å². The maximum atomic E-state index is 12.4. The number of hydrogen-bond acceptors (Lipinski definition) is 3. The van der Waals surface area contributed by atoms with Gasteiger partial charge in [0.05, 0.1) is 6.54 Å². The average Bonchev–Trinajstić information content (AvgIpc) is 2.67. The SMILES string of the molecule is CCN(CC)C(=O)c1cccc(NC(=O)CN[C@H](C)c2ccccc2Cl)c1. The minimum Gasteiger partial charge on any atom is -0.339 e. The van der Waals surface area contributed by atoms with E-state index in [-0.39, 0.29) is 24.4 Å². The highest BCUT2D eigenvalue weighted by atomic mass is 35.5. The van der Waals surface area contributed by atoms with Crippen LogP contribution in [0.4, 0.5) is 5.69 Å². The van der Waals surface area contributed by atoms with Gasteiger partial charge in [-0.3, -0.25) is 9.59 Å². The predicted molar refractivity (Wildman–Crippen MR) is 110 cm³/mol. The molecule has 0 radical (unpaired) electrons. The summed E-state index contributed by atoms with van der Waals surface area (Å²) in [7, 11) is 0. The molecule has 0 spiro atoms. The van der Waals surface area contributed by atoms with E-state index in [1.54, 1.807) is 29.2 Å². The van der Waals surface area contributed by atoms with Gasteiger partial charge < -0.3 is 15.5 Å². The molecule has 2 aromatic rings. The zero-order valence-corrected chi connectivity index (χ0v) is 16.7. The number of nitrogens with one attached hydrogen (secondary N) is 2. The highest BCUT2D eigenvalue weighted by molar-refractivity contribution is 6.31. The maximum Gasteiger partial charge on any atom is 0.253 e. The number of carbonyl (C=O) groups excluding carboxylic acids is 2. The number of hydrogen-bond donors (Lipinski definition) is 2. The number of benzene rings is 2. The number of carbonyl (C=O) groups is 2. The molecule has 144 valence electrons. The largest absolute Gasteiger partial charge is 0.339 e. The molecule has 1 atom stereocenters. The van der Waals surface area contributed by atoms with E-state index in [2.05, 4.69) is 10.6 Å². The van der Waals surface area contributed by atoms with Crippen molar-refractivity contribution in [2.24, 2.45) is 0 Å². The first-order chi connectivity index (χ1) is 13.0. The lowest BCUT2D eigenvalue weighted by Crippen LogP contribution is -2.31. The van der Waals surface area contributed by atoms with Crippen LogP contribution in [0.15, 0.2) is 48.5 Å². The van der Waals surface area contributed by atoms with Crippen molar-refractivity contribution in [1.82, 2.24) is 10.2 Å². The fourth-order valence-electron chi connectivity index (χ4n) is 2.81. The summed E-state index contributed by atoms with van der Waals surface area (Å²) < 4.78 is 0. The second-order valence-corrected chi connectivity index (χ2v) is 6.64. The Morgan fingerprint density at radius 2 is 1.78 bits per heavy atom. The van der Waals surface area contributed by atoms with Crippen LogP contribution >= 0.6 is 11.6 Å². The lowest BCUT2D eigenvalue weighted by Gasteiger charge is -2.19. The molecule has 0 aromatic heterocycles. The Morgan fingerprint density at radius 3 is 2.44 bits per heavy atom. The van der Waals surface area contributed by atoms with E-state index in [1.165, 1.54) is 0 Å². The summed E-state index contributed by atoms with van der Waals surface area (Å²) in [5.41, 5.74) is 2.11. The summed E-state index contributed by atoms with van der Waals surface area (Å²) in [6.45, 7) is 7.28. The number of amides is 2. The first-order valence-electron chi connectivity index (χ1n) is 9.13. The van der Waals surface area contributed by atoms with Gasteiger partial charge in [0, 0.05) is 35.4 Å². The molecule has 2 rings (SSSR count). The average molecular weight is 388 g/mol. The zero-order valence-electron chi connectivity index (χ0n) is 16.0. The van der Waals surface area contributed by atoms with Crippen molar-refractivity contribution in [3.63, 3.8) is 0 Å². The fourth-order valence-corrected chi connectivity index (χ4v) is 3.11. The second-order valence-electron chi connectivity index (χ2n) is 6.23. The van der Waals surface area contributed by atoms with Crippen molar-refractivity contribution in [2.45, 2.75) is 26.8 Å². The number of nitrogens with zero attached hydrogens (tertiary/aromatic N) is 1. The topological polar surface area (TPSA) is 61.4 Å². The molecular weight excluding hydrogens is 362 g/mol. The minimum atomic E-state index is -0.179. The van der Waals surface area contributed by atoms with Gasteiger partial charge in [0.2, 0.25) is 5.91 Å². The van der Waals surface area contributed by atoms with E-state index in [0.717, 1.165) is 5.56 Å². The van der Waals surface area contributed by atoms with Crippen molar-refractivity contribution < 1.29 is 9.59 Å². The predicted octanol–water partition coefficient (Wildman–Crippen LogP) is 4.11. The molecule has 0 aliphatic heterocycles. The van der Waals surface area contributed by atoms with Crippen molar-refractivity contribution in [3.8, 4) is 0 Å². The summed E-state index contributed by atoms with van der Waals surface area (Å²) in [5, 5.41) is 6.66. The smallest absolute Gasteiger partial charge is 0.253 e. The number of anilines is 1. The summed E-state index contributed by atoms with van der Waals surface area (Å²) in [4.78, 5) is 26.4. The quantitative estimate of drug-likeness (QED) is 0.716. The highest BCUT2D eigenvalue weighted by Crippen LogP contribution is 2.21. The molecule has 5 nitrogen and oxygen atoms in total. The molecule has 0 saturated carbocycles. The first-order valence-corrected chi connectivity index (χ1v) is 9.51. The van der Waals surface area contributed by atoms with E-state index >= 15 is 0 Å². The molecule has 0 bridgehead atoms. The number of halogens is 1. The van der Waals surface area contributed by atoms with Gasteiger partial charge in [-0.15, -0.1) is 0 Å². The maximum absolute atomic E-state index is 12.4. The molecule has 0 saturated heterocycles. The van der Waals surface area contributed by atoms with Gasteiger partial charge in [-0.1, -0.05) is 35.9 Å². The lowest BCUT2D eigenvalue weighted by atomic mass is 10.1. The van der Waals surface area contributed by atoms with Crippen molar-refractivity contribution in [1.29, 1.82) is 0 Å². The van der Waals surface area contributed by atoms with Crippen LogP contribution in [-0.2, 0) is 4.79 Å². The number of rotatable bonds is 8. The summed E-state index contributed by atoms with van der Waals surface area (Å²) in [6, 6.07) is 14.5. The van der Waals surface area contributed by atoms with Crippen LogP contribution in [0.5, 0.6) is 0 Å². The Bertz CT molecular complexity index is 791. The van der Waals surface area contributed by atoms with Crippen LogP contribution in [0, 0.1) is 0 Å². The van der Waals surface area contributed by atoms with Gasteiger partial charge in [0.1, 0.15) is 0 Å². The molecule has 0 fully saturated rings. The third kappa shape index (κ3) is 5.81. The van der Waals surface area contributed by atoms with Crippen LogP contribution in [0.3, 0.4) is 0 Å². The summed E-state index contributed by atoms with van der Waals surface area (Å²) in [6.07, 6.45) is 0. The highest BCUT2D eigenvalue weighted by Gasteiger charge is 2.14. The molecule has 2 aromatic carbocycles. The molecule has 0 heterocycles. The summed E-state index contributed by atoms with van der Waals surface area (Å²) >= 11 is 6.18. The minimum absolute atomic E-state index is 0.0402. The first kappa shape index (κ1) is 20.9. The Morgan fingerprint density at radius 1 is 1.07 bits per heavy atom. The van der Waals surface area contributed by atoms with Crippen LogP contribution in [0.25, 0.3) is 0 Å². The summed E-state index contributed by atoms with van der Waals surface area (Å²) in [5.74, 6) is -0.220. The third-order valence-electron chi connectivity index (χ3n) is 4.38. The van der Waals surface area contributed by atoms with Gasteiger partial charge in [-0.25, -0.2) is 0 Å². The molecule has 2 N–H and O–H groups in total. The fraction of sp³-hybridized carbons (Fsp3) is 0.333. The van der Waals surface area contributed by atoms with Gasteiger partial charge in [-0.05, 0) is 50.6 Å². The van der Waals surface area contributed by atoms with Gasteiger partial charge >= 0.3 is 0 Å². The van der Waals surface area contributed by atoms with E-state index in [1.807, 2.05) is 45.0 Å². The van der Waals surface area contributed by atoms with Crippen LogP contribution in [-0.4, -0.2) is 36.3 Å². The van der Waals surface area contributed by atoms with Gasteiger partial charge in [0.25, 0.3) is 5.91 Å². The standard InChI is InChI=1S/C21H26ClN3O2/c1-4-25(5-2)21(27)16-9-8-10-17(13-16)24-20(26)14-23-15(3)18-11-6-7-12-19(18)22/h6-13,15,23H,4-5,14H2,1-3H3,(H,24,26)/t15-/m1/s1. The van der Waals surface area contributed by atoms with Crippen LogP contribution in [0.1, 0.15) is 42.7 Å². The second kappa shape index (κ2) is 10.1. The molecule has 0 unspecified atom stereocenters. The zero-order chi connectivity index (χ0) is 19.8. The monoisotopic (exact) mass is 387 g/mol. The van der Waals surface area contributed by atoms with Crippen LogP contribution < -0.4 is 10.6 Å². The van der Waals surface area contributed by atoms with Gasteiger partial charge in [0.15, 0.2) is 0 Å². The molecule has 2 amide bonds. The van der Waals surface area contributed by atoms with E-state index in [0.29, 0.717) is 29.4 Å². The van der Waals surface area contributed by atoms with Crippen molar-refractivity contribution >= 4 is 29.1 Å². The molecular formula is C21H26ClN3O2. The third-order valence-corrected chi connectivity index (χ3v) is 4.73. The molecule has 0 aliphatic rings. The van der Waals surface area contributed by atoms with E-state index in [4.69, 9.17) is 11.6 Å². The molecule has 27 heavy (non-hydrogen) atoms. The molecule has 6 heteroatoms. The van der Waals surface area contributed by atoms with Crippen LogP contribution in [0.2, 0.25) is 5.02 Å².